The Kier molecular flexibility index (Phi) is 3.20. The van der Waals surface area contributed by atoms with Gasteiger partial charge in [-0.3, -0.25) is 0 Å². The average Bonchev–Trinajstić information content (AvgIpc) is 2.63. The molecule has 94 valence electrons. The van der Waals surface area contributed by atoms with Crippen molar-refractivity contribution >= 4 is 16.5 Å². The molecule has 2 nitrogen and oxygen atoms in total. The molecule has 2 heteroatoms. The Hall–Kier alpha value is -1.54. The normalized spacial score (nSPS) is 20.9. The molecule has 1 atom stereocenters. The van der Waals surface area contributed by atoms with Gasteiger partial charge < -0.3 is 10.2 Å². The van der Waals surface area contributed by atoms with Crippen LogP contribution in [0.1, 0.15) is 13.3 Å². The van der Waals surface area contributed by atoms with Gasteiger partial charge in [-0.1, -0.05) is 30.3 Å². The van der Waals surface area contributed by atoms with Crippen LogP contribution in [0.2, 0.25) is 0 Å². The Labute approximate surface area is 109 Å². The summed E-state index contributed by atoms with van der Waals surface area (Å²) >= 11 is 0. The largest absolute Gasteiger partial charge is 0.370 e. The van der Waals surface area contributed by atoms with Crippen molar-refractivity contribution in [1.29, 1.82) is 0 Å². The molecule has 0 aliphatic carbocycles. The molecule has 1 N–H and O–H groups in total. The SMILES string of the molecule is CC1CN(c2ccc3ccccc3c2)CCCN1. The molecule has 1 aliphatic heterocycles. The zero-order valence-electron chi connectivity index (χ0n) is 10.9. The van der Waals surface area contributed by atoms with E-state index in [2.05, 4.69) is 59.6 Å². The molecule has 1 fully saturated rings. The number of nitrogens with one attached hydrogen (secondary N) is 1. The van der Waals surface area contributed by atoms with Crippen molar-refractivity contribution < 1.29 is 0 Å². The lowest BCUT2D eigenvalue weighted by Crippen LogP contribution is -2.35. The summed E-state index contributed by atoms with van der Waals surface area (Å²) in [7, 11) is 0. The maximum atomic E-state index is 3.54. The van der Waals surface area contributed by atoms with Crippen molar-refractivity contribution in [2.24, 2.45) is 0 Å². The van der Waals surface area contributed by atoms with Crippen LogP contribution in [-0.2, 0) is 0 Å². The van der Waals surface area contributed by atoms with Crippen LogP contribution in [0, 0.1) is 0 Å². The third-order valence-electron chi connectivity index (χ3n) is 3.69. The number of hydrogen-bond donors (Lipinski definition) is 1. The molecule has 2 aromatic carbocycles. The molecule has 0 radical (unpaired) electrons. The highest BCUT2D eigenvalue weighted by atomic mass is 15.2. The van der Waals surface area contributed by atoms with Gasteiger partial charge in [0.25, 0.3) is 0 Å². The number of fused-ring (bicyclic) bond motifs is 1. The summed E-state index contributed by atoms with van der Waals surface area (Å²) in [6.07, 6.45) is 1.22. The Morgan fingerprint density at radius 2 is 1.94 bits per heavy atom. The highest BCUT2D eigenvalue weighted by Gasteiger charge is 2.14. The van der Waals surface area contributed by atoms with Gasteiger partial charge in [-0.25, -0.2) is 0 Å². The van der Waals surface area contributed by atoms with Crippen molar-refractivity contribution in [3.63, 3.8) is 0 Å². The van der Waals surface area contributed by atoms with E-state index in [-0.39, 0.29) is 0 Å². The highest BCUT2D eigenvalue weighted by Crippen LogP contribution is 2.23. The van der Waals surface area contributed by atoms with E-state index < -0.39 is 0 Å². The molecule has 1 unspecified atom stereocenters. The van der Waals surface area contributed by atoms with Gasteiger partial charge in [0, 0.05) is 24.8 Å². The average molecular weight is 240 g/mol. The monoisotopic (exact) mass is 240 g/mol. The summed E-state index contributed by atoms with van der Waals surface area (Å²) in [6.45, 7) is 5.64. The lowest BCUT2D eigenvalue weighted by atomic mass is 10.1. The summed E-state index contributed by atoms with van der Waals surface area (Å²) in [6, 6.07) is 15.9. The summed E-state index contributed by atoms with van der Waals surface area (Å²) < 4.78 is 0. The van der Waals surface area contributed by atoms with E-state index in [0.717, 1.165) is 19.6 Å². The second kappa shape index (κ2) is 4.99. The predicted octanol–water partition coefficient (Wildman–Crippen LogP) is 3.03. The van der Waals surface area contributed by atoms with E-state index in [0.29, 0.717) is 6.04 Å². The van der Waals surface area contributed by atoms with Crippen LogP contribution in [0.15, 0.2) is 42.5 Å². The number of rotatable bonds is 1. The first-order chi connectivity index (χ1) is 8.83. The van der Waals surface area contributed by atoms with Gasteiger partial charge in [0.1, 0.15) is 0 Å². The Morgan fingerprint density at radius 1 is 1.11 bits per heavy atom. The quantitative estimate of drug-likeness (QED) is 0.824. The molecule has 0 saturated carbocycles. The van der Waals surface area contributed by atoms with Crippen LogP contribution in [0.5, 0.6) is 0 Å². The van der Waals surface area contributed by atoms with Crippen molar-refractivity contribution in [2.45, 2.75) is 19.4 Å². The van der Waals surface area contributed by atoms with Gasteiger partial charge in [-0.05, 0) is 42.8 Å². The van der Waals surface area contributed by atoms with E-state index >= 15 is 0 Å². The fourth-order valence-electron chi connectivity index (χ4n) is 2.71. The minimum atomic E-state index is 0.568. The first-order valence-corrected chi connectivity index (χ1v) is 6.80. The fraction of sp³-hybridized carbons (Fsp3) is 0.375. The predicted molar refractivity (Wildman–Crippen MR) is 78.2 cm³/mol. The highest BCUT2D eigenvalue weighted by molar-refractivity contribution is 5.85. The van der Waals surface area contributed by atoms with Crippen LogP contribution in [-0.4, -0.2) is 25.7 Å². The van der Waals surface area contributed by atoms with Crippen molar-refractivity contribution in [2.75, 3.05) is 24.5 Å². The second-order valence-electron chi connectivity index (χ2n) is 5.19. The lowest BCUT2D eigenvalue weighted by Gasteiger charge is -2.25. The van der Waals surface area contributed by atoms with Crippen LogP contribution in [0.25, 0.3) is 10.8 Å². The molecule has 2 aromatic rings. The zero-order chi connectivity index (χ0) is 12.4. The van der Waals surface area contributed by atoms with E-state index in [1.54, 1.807) is 0 Å². The Bertz CT molecular complexity index is 535. The maximum Gasteiger partial charge on any atom is 0.0373 e. The summed E-state index contributed by atoms with van der Waals surface area (Å²) in [5.74, 6) is 0. The molecular weight excluding hydrogens is 220 g/mol. The molecule has 1 saturated heterocycles. The van der Waals surface area contributed by atoms with Gasteiger partial charge >= 0.3 is 0 Å². The molecule has 0 spiro atoms. The van der Waals surface area contributed by atoms with E-state index in [4.69, 9.17) is 0 Å². The third-order valence-corrected chi connectivity index (χ3v) is 3.69. The van der Waals surface area contributed by atoms with Crippen LogP contribution >= 0.6 is 0 Å². The van der Waals surface area contributed by atoms with Crippen LogP contribution in [0.3, 0.4) is 0 Å². The minimum absolute atomic E-state index is 0.568. The molecule has 0 amide bonds. The molecule has 1 heterocycles. The van der Waals surface area contributed by atoms with Gasteiger partial charge in [0.05, 0.1) is 0 Å². The van der Waals surface area contributed by atoms with Crippen molar-refractivity contribution in [3.05, 3.63) is 42.5 Å². The Balaban J connectivity index is 1.92. The minimum Gasteiger partial charge on any atom is -0.370 e. The van der Waals surface area contributed by atoms with E-state index in [9.17, 15) is 0 Å². The second-order valence-corrected chi connectivity index (χ2v) is 5.19. The number of benzene rings is 2. The zero-order valence-corrected chi connectivity index (χ0v) is 10.9. The smallest absolute Gasteiger partial charge is 0.0373 e. The molecule has 1 aliphatic rings. The van der Waals surface area contributed by atoms with Gasteiger partial charge in [0.15, 0.2) is 0 Å². The van der Waals surface area contributed by atoms with Crippen molar-refractivity contribution in [1.82, 2.24) is 5.32 Å². The van der Waals surface area contributed by atoms with Gasteiger partial charge in [-0.2, -0.15) is 0 Å². The third kappa shape index (κ3) is 2.34. The first kappa shape index (κ1) is 11.5. The van der Waals surface area contributed by atoms with E-state index in [1.807, 2.05) is 0 Å². The summed E-state index contributed by atoms with van der Waals surface area (Å²) in [5, 5.41) is 6.19. The van der Waals surface area contributed by atoms with Crippen molar-refractivity contribution in [3.8, 4) is 0 Å². The van der Waals surface area contributed by atoms with Gasteiger partial charge in [-0.15, -0.1) is 0 Å². The maximum absolute atomic E-state index is 3.54. The Morgan fingerprint density at radius 3 is 2.83 bits per heavy atom. The number of anilines is 1. The lowest BCUT2D eigenvalue weighted by molar-refractivity contribution is 0.585. The fourth-order valence-corrected chi connectivity index (χ4v) is 2.71. The van der Waals surface area contributed by atoms with Gasteiger partial charge in [0.2, 0.25) is 0 Å². The first-order valence-electron chi connectivity index (χ1n) is 6.80. The molecule has 0 bridgehead atoms. The standard InChI is InChI=1S/C16H20N2/c1-13-12-18(10-4-9-17-13)16-8-7-14-5-2-3-6-15(14)11-16/h2-3,5-8,11,13,17H,4,9-10,12H2,1H3. The topological polar surface area (TPSA) is 15.3 Å². The summed E-state index contributed by atoms with van der Waals surface area (Å²) in [5.41, 5.74) is 1.35. The summed E-state index contributed by atoms with van der Waals surface area (Å²) in [4.78, 5) is 2.50. The van der Waals surface area contributed by atoms with E-state index in [1.165, 1.54) is 22.9 Å². The molecule has 3 rings (SSSR count). The molecule has 0 aromatic heterocycles. The van der Waals surface area contributed by atoms with Crippen LogP contribution in [0.4, 0.5) is 5.69 Å². The van der Waals surface area contributed by atoms with Crippen LogP contribution < -0.4 is 10.2 Å². The molecular formula is C16H20N2. The number of nitrogens with zero attached hydrogens (tertiary/aromatic N) is 1. The molecule has 18 heavy (non-hydrogen) atoms. The number of hydrogen-bond acceptors (Lipinski definition) is 2.